The lowest BCUT2D eigenvalue weighted by atomic mass is 9.88. The zero-order valence-corrected chi connectivity index (χ0v) is 26.9. The van der Waals surface area contributed by atoms with Gasteiger partial charge in [-0.15, -0.1) is 0 Å². The normalized spacial score (nSPS) is 14.1. The van der Waals surface area contributed by atoms with Gasteiger partial charge >= 0.3 is 0 Å². The molecule has 0 fully saturated rings. The van der Waals surface area contributed by atoms with E-state index >= 15 is 0 Å². The van der Waals surface area contributed by atoms with Gasteiger partial charge in [0.05, 0.1) is 6.04 Å². The van der Waals surface area contributed by atoms with Gasteiger partial charge in [0.15, 0.2) is 0 Å². The highest BCUT2D eigenvalue weighted by Crippen LogP contribution is 2.40. The third kappa shape index (κ3) is 5.45. The SMILES string of the molecule is Cc1ccccc1-c1ccc(-c2ccccc2C)c(-c2ccc3c(ccc4cc(N(c5ccccc5)C5C=CC=CC5)ccc43)c2)c1. The lowest BCUT2D eigenvalue weighted by Crippen LogP contribution is -2.29. The van der Waals surface area contributed by atoms with Crippen LogP contribution in [0.1, 0.15) is 17.5 Å². The van der Waals surface area contributed by atoms with Crippen LogP contribution in [0.5, 0.6) is 0 Å². The number of aryl methyl sites for hydroxylation is 2. The molecule has 0 heterocycles. The van der Waals surface area contributed by atoms with Crippen LogP contribution in [-0.4, -0.2) is 6.04 Å². The number of allylic oxidation sites excluding steroid dienone is 2. The minimum atomic E-state index is 0.278. The molecule has 7 aromatic rings. The summed E-state index contributed by atoms with van der Waals surface area (Å²) >= 11 is 0. The monoisotopic (exact) mass is 603 g/mol. The Kier molecular flexibility index (Phi) is 7.51. The van der Waals surface area contributed by atoms with Crippen molar-refractivity contribution in [2.24, 2.45) is 0 Å². The van der Waals surface area contributed by atoms with Crippen molar-refractivity contribution in [1.82, 2.24) is 0 Å². The van der Waals surface area contributed by atoms with Crippen molar-refractivity contribution in [2.75, 3.05) is 4.90 Å². The first-order valence-corrected chi connectivity index (χ1v) is 16.5. The zero-order valence-electron chi connectivity index (χ0n) is 26.9. The van der Waals surface area contributed by atoms with Crippen LogP contribution in [0.4, 0.5) is 11.4 Å². The highest BCUT2D eigenvalue weighted by molar-refractivity contribution is 6.09. The topological polar surface area (TPSA) is 3.24 Å². The maximum absolute atomic E-state index is 2.46. The molecule has 7 aromatic carbocycles. The van der Waals surface area contributed by atoms with E-state index in [4.69, 9.17) is 0 Å². The van der Waals surface area contributed by atoms with Crippen molar-refractivity contribution in [3.05, 3.63) is 181 Å². The Hall–Kier alpha value is -5.66. The first kappa shape index (κ1) is 28.8. The first-order valence-electron chi connectivity index (χ1n) is 16.5. The fourth-order valence-electron chi connectivity index (χ4n) is 7.21. The van der Waals surface area contributed by atoms with Gasteiger partial charge in [0.2, 0.25) is 0 Å². The molecule has 1 atom stereocenters. The molecule has 1 unspecified atom stereocenters. The van der Waals surface area contributed by atoms with E-state index in [9.17, 15) is 0 Å². The van der Waals surface area contributed by atoms with E-state index in [1.807, 2.05) is 0 Å². The summed E-state index contributed by atoms with van der Waals surface area (Å²) in [6.07, 6.45) is 9.85. The van der Waals surface area contributed by atoms with Crippen LogP contribution in [0.2, 0.25) is 0 Å². The lowest BCUT2D eigenvalue weighted by molar-refractivity contribution is 0.785. The van der Waals surface area contributed by atoms with Crippen molar-refractivity contribution in [1.29, 1.82) is 0 Å². The average molecular weight is 604 g/mol. The van der Waals surface area contributed by atoms with E-state index < -0.39 is 0 Å². The molecular formula is C46H37N. The summed E-state index contributed by atoms with van der Waals surface area (Å²) in [5.41, 5.74) is 12.5. The molecule has 0 N–H and O–H groups in total. The smallest absolute Gasteiger partial charge is 0.0559 e. The highest BCUT2D eigenvalue weighted by Gasteiger charge is 2.20. The van der Waals surface area contributed by atoms with Crippen LogP contribution in [-0.2, 0) is 0 Å². The number of anilines is 2. The van der Waals surface area contributed by atoms with Crippen LogP contribution < -0.4 is 4.90 Å². The van der Waals surface area contributed by atoms with Crippen LogP contribution in [0.3, 0.4) is 0 Å². The molecule has 47 heavy (non-hydrogen) atoms. The number of nitrogens with zero attached hydrogens (tertiary/aromatic N) is 1. The van der Waals surface area contributed by atoms with Gasteiger partial charge in [-0.05, 0) is 123 Å². The van der Waals surface area contributed by atoms with Crippen LogP contribution in [0.25, 0.3) is 54.9 Å². The molecule has 0 aliphatic heterocycles. The molecule has 0 aromatic heterocycles. The molecule has 1 aliphatic rings. The minimum absolute atomic E-state index is 0.278. The molecule has 8 rings (SSSR count). The van der Waals surface area contributed by atoms with Gasteiger partial charge in [0.1, 0.15) is 0 Å². The summed E-state index contributed by atoms with van der Waals surface area (Å²) in [5, 5.41) is 5.05. The summed E-state index contributed by atoms with van der Waals surface area (Å²) in [6.45, 7) is 4.40. The summed E-state index contributed by atoms with van der Waals surface area (Å²) in [5.74, 6) is 0. The largest absolute Gasteiger partial charge is 0.334 e. The van der Waals surface area contributed by atoms with Crippen molar-refractivity contribution >= 4 is 32.9 Å². The maximum Gasteiger partial charge on any atom is 0.0559 e. The molecule has 0 amide bonds. The number of fused-ring (bicyclic) bond motifs is 3. The van der Waals surface area contributed by atoms with Gasteiger partial charge in [0.25, 0.3) is 0 Å². The Balaban J connectivity index is 1.24. The summed E-state index contributed by atoms with van der Waals surface area (Å²) < 4.78 is 0. The van der Waals surface area contributed by atoms with Gasteiger partial charge in [-0.2, -0.15) is 0 Å². The molecule has 1 nitrogen and oxygen atoms in total. The second-order valence-corrected chi connectivity index (χ2v) is 12.6. The Labute approximate surface area is 277 Å². The number of para-hydroxylation sites is 1. The Morgan fingerprint density at radius 1 is 0.468 bits per heavy atom. The Morgan fingerprint density at radius 3 is 1.83 bits per heavy atom. The third-order valence-corrected chi connectivity index (χ3v) is 9.64. The van der Waals surface area contributed by atoms with Crippen LogP contribution >= 0.6 is 0 Å². The maximum atomic E-state index is 2.46. The fraction of sp³-hybridized carbons (Fsp3) is 0.0870. The van der Waals surface area contributed by atoms with Gasteiger partial charge < -0.3 is 4.90 Å². The van der Waals surface area contributed by atoms with Crippen LogP contribution in [0.15, 0.2) is 170 Å². The van der Waals surface area contributed by atoms with Crippen molar-refractivity contribution in [3.8, 4) is 33.4 Å². The van der Waals surface area contributed by atoms with Gasteiger partial charge in [0, 0.05) is 11.4 Å². The first-order chi connectivity index (χ1) is 23.1. The standard InChI is InChI=1S/C46H37N/c1-32-13-9-11-19-41(32)37-24-27-45(42-20-12-10-14-33(42)2)46(31-37)35-23-26-43-34(29-35)21-22-36-30-40(25-28-44(36)43)47(38-15-5-3-6-16-38)39-17-7-4-8-18-39/h3-17,19-31,39H,18H2,1-2H3. The molecule has 1 aliphatic carbocycles. The predicted octanol–water partition coefficient (Wildman–Crippen LogP) is 12.6. The average Bonchev–Trinajstić information content (AvgIpc) is 3.12. The number of benzene rings is 7. The number of hydrogen-bond donors (Lipinski definition) is 0. The Morgan fingerprint density at radius 2 is 1.11 bits per heavy atom. The van der Waals surface area contributed by atoms with E-state index in [-0.39, 0.29) is 6.04 Å². The van der Waals surface area contributed by atoms with Gasteiger partial charge in [-0.1, -0.05) is 133 Å². The molecule has 0 saturated heterocycles. The van der Waals surface area contributed by atoms with E-state index in [2.05, 4.69) is 189 Å². The number of hydrogen-bond acceptors (Lipinski definition) is 1. The molecule has 0 radical (unpaired) electrons. The molecule has 1 heteroatoms. The van der Waals surface area contributed by atoms with E-state index in [0.717, 1.165) is 6.42 Å². The fourth-order valence-corrected chi connectivity index (χ4v) is 7.21. The van der Waals surface area contributed by atoms with Crippen LogP contribution in [0, 0.1) is 13.8 Å². The quantitative estimate of drug-likeness (QED) is 0.171. The lowest BCUT2D eigenvalue weighted by Gasteiger charge is -2.32. The summed E-state index contributed by atoms with van der Waals surface area (Å²) in [4.78, 5) is 2.46. The van der Waals surface area contributed by atoms with Gasteiger partial charge in [-0.25, -0.2) is 0 Å². The van der Waals surface area contributed by atoms with E-state index in [0.29, 0.717) is 0 Å². The second kappa shape index (κ2) is 12.3. The number of rotatable bonds is 6. The molecular weight excluding hydrogens is 567 g/mol. The second-order valence-electron chi connectivity index (χ2n) is 12.6. The highest BCUT2D eigenvalue weighted by atomic mass is 15.2. The van der Waals surface area contributed by atoms with E-state index in [1.54, 1.807) is 0 Å². The molecule has 0 saturated carbocycles. The van der Waals surface area contributed by atoms with E-state index in [1.165, 1.54) is 77.4 Å². The third-order valence-electron chi connectivity index (χ3n) is 9.64. The van der Waals surface area contributed by atoms with Crippen molar-refractivity contribution in [2.45, 2.75) is 26.3 Å². The van der Waals surface area contributed by atoms with Gasteiger partial charge in [-0.3, -0.25) is 0 Å². The zero-order chi connectivity index (χ0) is 31.7. The summed E-state index contributed by atoms with van der Waals surface area (Å²) in [6, 6.07) is 53.9. The van der Waals surface area contributed by atoms with Crippen molar-refractivity contribution in [3.63, 3.8) is 0 Å². The molecule has 0 bridgehead atoms. The summed E-state index contributed by atoms with van der Waals surface area (Å²) in [7, 11) is 0. The Bertz CT molecular complexity index is 2310. The van der Waals surface area contributed by atoms with Crippen molar-refractivity contribution < 1.29 is 0 Å². The molecule has 226 valence electrons. The molecule has 0 spiro atoms. The predicted molar refractivity (Wildman–Crippen MR) is 203 cm³/mol. The minimum Gasteiger partial charge on any atom is -0.334 e.